The summed E-state index contributed by atoms with van der Waals surface area (Å²) in [7, 11) is -0.869. The summed E-state index contributed by atoms with van der Waals surface area (Å²) in [5.41, 5.74) is 1.71. The van der Waals surface area contributed by atoms with Gasteiger partial charge in [0, 0.05) is 0 Å². The zero-order chi connectivity index (χ0) is 9.19. The van der Waals surface area contributed by atoms with Crippen molar-refractivity contribution in [2.45, 2.75) is 37.3 Å². The molecule has 0 unspecified atom stereocenters. The summed E-state index contributed by atoms with van der Waals surface area (Å²) in [6.45, 7) is 7.37. The first kappa shape index (κ1) is 21.6. The van der Waals surface area contributed by atoms with E-state index in [9.17, 15) is 0 Å². The van der Waals surface area contributed by atoms with Crippen LogP contribution in [-0.2, 0) is 19.2 Å². The Labute approximate surface area is 123 Å². The van der Waals surface area contributed by atoms with E-state index in [0.717, 1.165) is 0 Å². The Balaban J connectivity index is -0.000000480. The second kappa shape index (κ2) is 9.33. The number of rotatable bonds is 3. The maximum atomic E-state index is 2.46. The first-order chi connectivity index (χ1) is 5.53. The van der Waals surface area contributed by atoms with Gasteiger partial charge in [-0.05, 0) is 0 Å². The molecule has 0 N–H and O–H groups in total. The Hall–Kier alpha value is 1.28. The Kier molecular flexibility index (Phi) is 13.4. The molecule has 0 amide bonds. The molecule has 0 saturated carbocycles. The molecule has 0 radical (unpaired) electrons. The van der Waals surface area contributed by atoms with Crippen LogP contribution in [-0.4, -0.2) is 8.07 Å². The Morgan fingerprint density at radius 3 is 2.13 bits per heavy atom. The Morgan fingerprint density at radius 2 is 1.73 bits per heavy atom. The van der Waals surface area contributed by atoms with Crippen LogP contribution in [0, 0.1) is 0 Å². The van der Waals surface area contributed by atoms with Gasteiger partial charge in [0.2, 0.25) is 0 Å². The molecule has 0 nitrogen and oxygen atoms in total. The molecule has 0 atom stereocenters. The molecule has 1 aliphatic carbocycles. The van der Waals surface area contributed by atoms with Gasteiger partial charge in [-0.1, -0.05) is 0 Å². The number of halogens is 3. The van der Waals surface area contributed by atoms with Crippen molar-refractivity contribution >= 4 is 45.3 Å². The molecule has 0 aromatic carbocycles. The van der Waals surface area contributed by atoms with Gasteiger partial charge in [0.05, 0.1) is 0 Å². The van der Waals surface area contributed by atoms with E-state index in [0.29, 0.717) is 0 Å². The minimum atomic E-state index is -0.869. The van der Waals surface area contributed by atoms with Crippen LogP contribution in [0.2, 0.25) is 30.9 Å². The summed E-state index contributed by atoms with van der Waals surface area (Å²) in [4.78, 5) is 0. The molecule has 0 bridgehead atoms. The van der Waals surface area contributed by atoms with E-state index >= 15 is 0 Å². The molecule has 5 heteroatoms. The molecule has 0 fully saturated rings. The van der Waals surface area contributed by atoms with Crippen molar-refractivity contribution in [2.24, 2.45) is 0 Å². The number of allylic oxidation sites excluding steroid dienone is 4. The fourth-order valence-corrected chi connectivity index (χ4v) is 4.57. The second-order valence-electron chi connectivity index (χ2n) is 4.60. The van der Waals surface area contributed by atoms with Crippen LogP contribution in [0.5, 0.6) is 0 Å². The summed E-state index contributed by atoms with van der Waals surface area (Å²) in [6.07, 6.45) is 5.99. The molecule has 0 aromatic rings. The van der Waals surface area contributed by atoms with Crippen molar-refractivity contribution in [1.29, 1.82) is 0 Å². The van der Waals surface area contributed by atoms with Crippen molar-refractivity contribution in [3.8, 4) is 0 Å². The van der Waals surface area contributed by atoms with E-state index in [1.807, 2.05) is 0 Å². The van der Waals surface area contributed by atoms with E-state index < -0.39 is 8.07 Å². The first-order valence-corrected chi connectivity index (χ1v) is 10.6. The first-order valence-electron chi connectivity index (χ1n) is 4.59. The predicted octanol–water partition coefficient (Wildman–Crippen LogP) is 4.93. The second-order valence-corrected chi connectivity index (χ2v) is 11.8. The molecule has 1 rings (SSSR count). The number of hydrogen-bond acceptors (Lipinski definition) is 0. The third kappa shape index (κ3) is 8.07. The number of hydrogen-bond donors (Lipinski definition) is 0. The van der Waals surface area contributed by atoms with E-state index in [-0.39, 0.29) is 56.4 Å². The van der Waals surface area contributed by atoms with Crippen LogP contribution >= 0.6 is 37.2 Å². The van der Waals surface area contributed by atoms with Gasteiger partial charge in [-0.25, -0.2) is 0 Å². The zero-order valence-electron chi connectivity index (χ0n) is 9.79. The summed E-state index contributed by atoms with van der Waals surface area (Å²) >= 11 is 0.226. The van der Waals surface area contributed by atoms with E-state index in [4.69, 9.17) is 0 Å². The van der Waals surface area contributed by atoms with Crippen molar-refractivity contribution in [3.05, 3.63) is 21.6 Å². The molecular weight excluding hydrogens is 302 g/mol. The molecule has 0 saturated heterocycles. The quantitative estimate of drug-likeness (QED) is 0.646. The molecule has 0 aromatic heterocycles. The van der Waals surface area contributed by atoms with Crippen LogP contribution in [0.3, 0.4) is 0 Å². The SMILES string of the molecule is Cl.Cl.Cl.[CH3][Ti][C]1=C(C[Si](C)(C)C)C=CC1. The monoisotopic (exact) mass is 322 g/mol. The van der Waals surface area contributed by atoms with E-state index in [2.05, 4.69) is 37.0 Å². The van der Waals surface area contributed by atoms with Crippen LogP contribution in [0.15, 0.2) is 21.6 Å². The molecule has 1 aliphatic rings. The fourth-order valence-electron chi connectivity index (χ4n) is 1.55. The van der Waals surface area contributed by atoms with E-state index in [1.54, 1.807) is 9.45 Å². The average molecular weight is 324 g/mol. The van der Waals surface area contributed by atoms with Gasteiger partial charge in [0.1, 0.15) is 0 Å². The maximum absolute atomic E-state index is 2.46. The van der Waals surface area contributed by atoms with Gasteiger partial charge < -0.3 is 0 Å². The fraction of sp³-hybridized carbons (Fsp3) is 0.600. The third-order valence-electron chi connectivity index (χ3n) is 2.05. The van der Waals surface area contributed by atoms with Crippen molar-refractivity contribution < 1.29 is 19.2 Å². The topological polar surface area (TPSA) is 0 Å². The molecular formula is C10H21Cl3SiTi. The normalized spacial score (nSPS) is 13.9. The predicted molar refractivity (Wildman–Crippen MR) is 76.5 cm³/mol. The summed E-state index contributed by atoms with van der Waals surface area (Å²) in [5.74, 6) is 0. The van der Waals surface area contributed by atoms with Gasteiger partial charge in [0.15, 0.2) is 0 Å². The average Bonchev–Trinajstić information content (AvgIpc) is 2.31. The van der Waals surface area contributed by atoms with Crippen LogP contribution in [0.4, 0.5) is 0 Å². The molecule has 90 valence electrons. The van der Waals surface area contributed by atoms with E-state index in [1.165, 1.54) is 12.5 Å². The van der Waals surface area contributed by atoms with Crippen molar-refractivity contribution in [3.63, 3.8) is 0 Å². The molecule has 0 heterocycles. The van der Waals surface area contributed by atoms with Crippen molar-refractivity contribution in [1.82, 2.24) is 0 Å². The van der Waals surface area contributed by atoms with Crippen LogP contribution in [0.25, 0.3) is 0 Å². The van der Waals surface area contributed by atoms with Gasteiger partial charge in [-0.15, -0.1) is 37.2 Å². The molecule has 0 spiro atoms. The molecule has 15 heavy (non-hydrogen) atoms. The van der Waals surface area contributed by atoms with Gasteiger partial charge in [-0.2, -0.15) is 0 Å². The van der Waals surface area contributed by atoms with Gasteiger partial charge >= 0.3 is 86.2 Å². The molecule has 0 aliphatic heterocycles. The standard InChI is InChI=1S/C9H15Si.CH3.3ClH.Ti/c1-10(2,3)8-9-6-4-5-7-9;;;;;/h4,6H,5,8H2,1-3H3;1H3;3*1H;. The van der Waals surface area contributed by atoms with Gasteiger partial charge in [-0.3, -0.25) is 0 Å². The van der Waals surface area contributed by atoms with Crippen molar-refractivity contribution in [2.75, 3.05) is 0 Å². The minimum absolute atomic E-state index is 0. The zero-order valence-corrected chi connectivity index (χ0v) is 14.8. The summed E-state index contributed by atoms with van der Waals surface area (Å²) < 4.78 is 1.80. The third-order valence-corrected chi connectivity index (χ3v) is 5.26. The van der Waals surface area contributed by atoms with Crippen LogP contribution in [0.1, 0.15) is 6.42 Å². The Morgan fingerprint density at radius 1 is 1.20 bits per heavy atom. The van der Waals surface area contributed by atoms with Gasteiger partial charge in [0.25, 0.3) is 0 Å². The summed E-state index contributed by atoms with van der Waals surface area (Å²) in [6, 6.07) is 1.40. The van der Waals surface area contributed by atoms with Crippen LogP contribution < -0.4 is 0 Å². The summed E-state index contributed by atoms with van der Waals surface area (Å²) in [5, 5.41) is 2.40. The Bertz CT molecular complexity index is 231.